The molecule has 1 amide bonds. The molecule has 0 aliphatic rings. The first-order valence-electron chi connectivity index (χ1n) is 8.13. The SMILES string of the molecule is Cc1cc(C)c(S(=O)(=O)N(C)CC(=O)N/N=C\c2ccccc2)c(C)c1. The molecule has 0 radical (unpaired) electrons. The Morgan fingerprint density at radius 3 is 2.27 bits per heavy atom. The van der Waals surface area contributed by atoms with Gasteiger partial charge in [0.25, 0.3) is 5.91 Å². The Kier molecular flexibility index (Phi) is 6.28. The van der Waals surface area contributed by atoms with Crippen molar-refractivity contribution >= 4 is 22.1 Å². The summed E-state index contributed by atoms with van der Waals surface area (Å²) in [5, 5.41) is 3.85. The zero-order valence-electron chi connectivity index (χ0n) is 15.4. The molecule has 0 unspecified atom stereocenters. The van der Waals surface area contributed by atoms with E-state index in [4.69, 9.17) is 0 Å². The fraction of sp³-hybridized carbons (Fsp3) is 0.263. The molecule has 0 heterocycles. The van der Waals surface area contributed by atoms with E-state index in [2.05, 4.69) is 10.5 Å². The Hall–Kier alpha value is -2.51. The second-order valence-electron chi connectivity index (χ2n) is 6.19. The predicted octanol–water partition coefficient (Wildman–Crippen LogP) is 2.38. The Balaban J connectivity index is 2.07. The Morgan fingerprint density at radius 1 is 1.12 bits per heavy atom. The van der Waals surface area contributed by atoms with Crippen molar-refractivity contribution in [1.82, 2.24) is 9.73 Å². The van der Waals surface area contributed by atoms with Gasteiger partial charge in [-0.05, 0) is 37.5 Å². The van der Waals surface area contributed by atoms with E-state index < -0.39 is 15.9 Å². The average molecular weight is 373 g/mol. The van der Waals surface area contributed by atoms with Crippen molar-refractivity contribution in [2.75, 3.05) is 13.6 Å². The topological polar surface area (TPSA) is 78.8 Å². The van der Waals surface area contributed by atoms with Crippen LogP contribution in [0.2, 0.25) is 0 Å². The second kappa shape index (κ2) is 8.25. The van der Waals surface area contributed by atoms with E-state index in [0.717, 1.165) is 15.4 Å². The molecule has 0 atom stereocenters. The van der Waals surface area contributed by atoms with Crippen molar-refractivity contribution in [1.29, 1.82) is 0 Å². The van der Waals surface area contributed by atoms with Gasteiger partial charge in [-0.15, -0.1) is 0 Å². The van der Waals surface area contributed by atoms with E-state index in [1.807, 2.05) is 49.4 Å². The number of sulfonamides is 1. The van der Waals surface area contributed by atoms with Gasteiger partial charge in [-0.3, -0.25) is 4.79 Å². The Labute approximate surface area is 154 Å². The molecule has 1 N–H and O–H groups in total. The third kappa shape index (κ3) is 4.77. The molecule has 0 saturated carbocycles. The van der Waals surface area contributed by atoms with Gasteiger partial charge in [-0.1, -0.05) is 48.0 Å². The van der Waals surface area contributed by atoms with Crippen LogP contribution in [0, 0.1) is 20.8 Å². The third-order valence-corrected chi connectivity index (χ3v) is 5.95. The van der Waals surface area contributed by atoms with Crippen LogP contribution in [0.4, 0.5) is 0 Å². The van der Waals surface area contributed by atoms with Crippen LogP contribution in [0.25, 0.3) is 0 Å². The van der Waals surface area contributed by atoms with Gasteiger partial charge < -0.3 is 0 Å². The minimum Gasteiger partial charge on any atom is -0.272 e. The Morgan fingerprint density at radius 2 is 1.69 bits per heavy atom. The molecule has 7 heteroatoms. The van der Waals surface area contributed by atoms with Crippen LogP contribution in [-0.4, -0.2) is 38.4 Å². The molecular formula is C19H23N3O3S. The minimum atomic E-state index is -3.77. The van der Waals surface area contributed by atoms with E-state index in [-0.39, 0.29) is 11.4 Å². The molecule has 2 aromatic rings. The van der Waals surface area contributed by atoms with E-state index in [1.54, 1.807) is 13.8 Å². The maximum atomic E-state index is 12.8. The lowest BCUT2D eigenvalue weighted by Gasteiger charge is -2.19. The van der Waals surface area contributed by atoms with Gasteiger partial charge in [0.1, 0.15) is 0 Å². The predicted molar refractivity (Wildman–Crippen MR) is 103 cm³/mol. The van der Waals surface area contributed by atoms with Crippen molar-refractivity contribution < 1.29 is 13.2 Å². The van der Waals surface area contributed by atoms with Crippen molar-refractivity contribution in [2.45, 2.75) is 25.7 Å². The molecule has 26 heavy (non-hydrogen) atoms. The van der Waals surface area contributed by atoms with Crippen LogP contribution < -0.4 is 5.43 Å². The zero-order chi connectivity index (χ0) is 19.3. The average Bonchev–Trinajstić information content (AvgIpc) is 2.54. The second-order valence-corrected chi connectivity index (χ2v) is 8.17. The largest absolute Gasteiger partial charge is 0.272 e. The monoisotopic (exact) mass is 373 g/mol. The number of hydrogen-bond acceptors (Lipinski definition) is 4. The van der Waals surface area contributed by atoms with E-state index >= 15 is 0 Å². The van der Waals surface area contributed by atoms with Gasteiger partial charge in [-0.2, -0.15) is 9.41 Å². The fourth-order valence-electron chi connectivity index (χ4n) is 2.77. The number of carbonyl (C=O) groups is 1. The van der Waals surface area contributed by atoms with Crippen LogP contribution in [0.15, 0.2) is 52.5 Å². The highest BCUT2D eigenvalue weighted by Crippen LogP contribution is 2.24. The molecule has 0 saturated heterocycles. The smallest absolute Gasteiger partial charge is 0.255 e. The molecule has 2 aromatic carbocycles. The van der Waals surface area contributed by atoms with Crippen molar-refractivity contribution in [3.63, 3.8) is 0 Å². The highest BCUT2D eigenvalue weighted by atomic mass is 32.2. The summed E-state index contributed by atoms with van der Waals surface area (Å²) in [6, 6.07) is 12.9. The number of aryl methyl sites for hydroxylation is 3. The standard InChI is InChI=1S/C19H23N3O3S/c1-14-10-15(2)19(16(3)11-14)26(24,25)22(4)13-18(23)21-20-12-17-8-6-5-7-9-17/h5-12H,13H2,1-4H3,(H,21,23)/b20-12-. The quantitative estimate of drug-likeness (QED) is 0.624. The highest BCUT2D eigenvalue weighted by Gasteiger charge is 2.26. The van der Waals surface area contributed by atoms with Gasteiger partial charge >= 0.3 is 0 Å². The molecule has 0 spiro atoms. The van der Waals surface area contributed by atoms with Crippen LogP contribution >= 0.6 is 0 Å². The van der Waals surface area contributed by atoms with Gasteiger partial charge in [0.05, 0.1) is 17.7 Å². The minimum absolute atomic E-state index is 0.242. The number of benzene rings is 2. The summed E-state index contributed by atoms with van der Waals surface area (Å²) in [5.74, 6) is -0.509. The summed E-state index contributed by atoms with van der Waals surface area (Å²) in [6.07, 6.45) is 1.50. The maximum Gasteiger partial charge on any atom is 0.255 e. The third-order valence-electron chi connectivity index (χ3n) is 3.84. The number of carbonyl (C=O) groups excluding carboxylic acids is 1. The van der Waals surface area contributed by atoms with Crippen molar-refractivity contribution in [3.05, 3.63) is 64.7 Å². The lowest BCUT2D eigenvalue weighted by Crippen LogP contribution is -2.37. The van der Waals surface area contributed by atoms with Crippen LogP contribution in [-0.2, 0) is 14.8 Å². The molecule has 2 rings (SSSR count). The lowest BCUT2D eigenvalue weighted by molar-refractivity contribution is -0.121. The molecule has 0 aliphatic carbocycles. The number of hydrazone groups is 1. The first-order chi connectivity index (χ1) is 12.2. The molecule has 0 bridgehead atoms. The summed E-state index contributed by atoms with van der Waals surface area (Å²) >= 11 is 0. The number of likely N-dealkylation sites (N-methyl/N-ethyl adjacent to an activating group) is 1. The molecule has 0 aliphatic heterocycles. The van der Waals surface area contributed by atoms with Crippen molar-refractivity contribution in [2.24, 2.45) is 5.10 Å². The molecule has 138 valence electrons. The summed E-state index contributed by atoms with van der Waals surface area (Å²) in [6.45, 7) is 5.11. The summed E-state index contributed by atoms with van der Waals surface area (Å²) in [5.41, 5.74) is 5.50. The van der Waals surface area contributed by atoms with Gasteiger partial charge in [-0.25, -0.2) is 13.8 Å². The molecule has 0 aromatic heterocycles. The van der Waals surface area contributed by atoms with Crippen LogP contribution in [0.1, 0.15) is 22.3 Å². The van der Waals surface area contributed by atoms with Crippen LogP contribution in [0.5, 0.6) is 0 Å². The molecular weight excluding hydrogens is 350 g/mol. The molecule has 6 nitrogen and oxygen atoms in total. The number of rotatable bonds is 6. The van der Waals surface area contributed by atoms with Gasteiger partial charge in [0.2, 0.25) is 10.0 Å². The number of nitrogens with zero attached hydrogens (tertiary/aromatic N) is 2. The normalized spacial score (nSPS) is 11.9. The van der Waals surface area contributed by atoms with E-state index in [9.17, 15) is 13.2 Å². The fourth-order valence-corrected chi connectivity index (χ4v) is 4.30. The van der Waals surface area contributed by atoms with Crippen LogP contribution in [0.3, 0.4) is 0 Å². The zero-order valence-corrected chi connectivity index (χ0v) is 16.2. The first-order valence-corrected chi connectivity index (χ1v) is 9.57. The first kappa shape index (κ1) is 19.8. The van der Waals surface area contributed by atoms with E-state index in [1.165, 1.54) is 13.3 Å². The molecule has 0 fully saturated rings. The summed E-state index contributed by atoms with van der Waals surface area (Å²) in [4.78, 5) is 12.3. The highest BCUT2D eigenvalue weighted by molar-refractivity contribution is 7.89. The lowest BCUT2D eigenvalue weighted by atomic mass is 10.1. The van der Waals surface area contributed by atoms with E-state index in [0.29, 0.717) is 11.1 Å². The summed E-state index contributed by atoms with van der Waals surface area (Å²) in [7, 11) is -2.39. The Bertz CT molecular complexity index is 899. The van der Waals surface area contributed by atoms with Gasteiger partial charge in [0, 0.05) is 7.05 Å². The number of amides is 1. The summed E-state index contributed by atoms with van der Waals surface area (Å²) < 4.78 is 26.7. The number of nitrogens with one attached hydrogen (secondary N) is 1. The van der Waals surface area contributed by atoms with Crippen molar-refractivity contribution in [3.8, 4) is 0 Å². The number of hydrogen-bond donors (Lipinski definition) is 1. The maximum absolute atomic E-state index is 12.8. The van der Waals surface area contributed by atoms with Gasteiger partial charge in [0.15, 0.2) is 0 Å².